The molecule has 2 aromatic rings. The van der Waals surface area contributed by atoms with Crippen molar-refractivity contribution in [2.75, 3.05) is 30.8 Å². The number of aryl methyl sites for hydroxylation is 1. The summed E-state index contributed by atoms with van der Waals surface area (Å²) in [4.78, 5) is 11.5. The summed E-state index contributed by atoms with van der Waals surface area (Å²) in [6.07, 6.45) is 1.01. The van der Waals surface area contributed by atoms with E-state index in [1.54, 1.807) is 18.4 Å². The molecule has 0 saturated carbocycles. The molecule has 21 heavy (non-hydrogen) atoms. The van der Waals surface area contributed by atoms with Gasteiger partial charge in [-0.1, -0.05) is 6.92 Å². The predicted octanol–water partition coefficient (Wildman–Crippen LogP) is 3.52. The SMILES string of the molecule is CCNc1nc(NCC(C)(C)OC)c2cc(CC)sc2n1. The van der Waals surface area contributed by atoms with Crippen LogP contribution in [0.4, 0.5) is 11.8 Å². The Kier molecular flexibility index (Phi) is 5.00. The van der Waals surface area contributed by atoms with Crippen molar-refractivity contribution in [3.63, 3.8) is 0 Å². The third-order valence-electron chi connectivity index (χ3n) is 3.36. The van der Waals surface area contributed by atoms with E-state index >= 15 is 0 Å². The van der Waals surface area contributed by atoms with Gasteiger partial charge in [-0.3, -0.25) is 0 Å². The Morgan fingerprint density at radius 2 is 2.00 bits per heavy atom. The van der Waals surface area contributed by atoms with Gasteiger partial charge in [-0.2, -0.15) is 4.98 Å². The molecule has 0 aliphatic heterocycles. The molecule has 2 aromatic heterocycles. The topological polar surface area (TPSA) is 59.1 Å². The highest BCUT2D eigenvalue weighted by Crippen LogP contribution is 2.30. The molecule has 2 N–H and O–H groups in total. The number of aromatic nitrogens is 2. The number of anilines is 2. The molecule has 0 unspecified atom stereocenters. The molecule has 0 bridgehead atoms. The maximum Gasteiger partial charge on any atom is 0.226 e. The third kappa shape index (κ3) is 3.83. The molecule has 6 heteroatoms. The van der Waals surface area contributed by atoms with Crippen LogP contribution in [0.5, 0.6) is 0 Å². The first-order valence-electron chi connectivity index (χ1n) is 7.32. The minimum Gasteiger partial charge on any atom is -0.377 e. The highest BCUT2D eigenvalue weighted by atomic mass is 32.1. The molecule has 0 aliphatic rings. The fraction of sp³-hybridized carbons (Fsp3) is 0.600. The van der Waals surface area contributed by atoms with Gasteiger partial charge in [0, 0.05) is 25.1 Å². The highest BCUT2D eigenvalue weighted by Gasteiger charge is 2.18. The first-order valence-corrected chi connectivity index (χ1v) is 8.14. The fourth-order valence-corrected chi connectivity index (χ4v) is 2.85. The lowest BCUT2D eigenvalue weighted by Gasteiger charge is -2.23. The van der Waals surface area contributed by atoms with E-state index in [9.17, 15) is 0 Å². The zero-order chi connectivity index (χ0) is 15.5. The van der Waals surface area contributed by atoms with Crippen LogP contribution in [-0.2, 0) is 11.2 Å². The quantitative estimate of drug-likeness (QED) is 0.819. The Bertz CT molecular complexity index is 609. The summed E-state index contributed by atoms with van der Waals surface area (Å²) < 4.78 is 5.46. The van der Waals surface area contributed by atoms with Gasteiger partial charge in [0.2, 0.25) is 5.95 Å². The molecule has 0 fully saturated rings. The number of rotatable bonds is 7. The Labute approximate surface area is 130 Å². The highest BCUT2D eigenvalue weighted by molar-refractivity contribution is 7.18. The van der Waals surface area contributed by atoms with Crippen molar-refractivity contribution in [2.24, 2.45) is 0 Å². The van der Waals surface area contributed by atoms with Crippen molar-refractivity contribution in [1.29, 1.82) is 0 Å². The van der Waals surface area contributed by atoms with E-state index in [1.165, 1.54) is 4.88 Å². The number of fused-ring (bicyclic) bond motifs is 1. The van der Waals surface area contributed by atoms with Gasteiger partial charge < -0.3 is 15.4 Å². The van der Waals surface area contributed by atoms with Crippen molar-refractivity contribution in [2.45, 2.75) is 39.7 Å². The van der Waals surface area contributed by atoms with E-state index in [0.717, 1.165) is 29.0 Å². The average Bonchev–Trinajstić information content (AvgIpc) is 2.88. The monoisotopic (exact) mass is 308 g/mol. The van der Waals surface area contributed by atoms with Gasteiger partial charge in [0.05, 0.1) is 11.0 Å². The van der Waals surface area contributed by atoms with Crippen LogP contribution in [0.1, 0.15) is 32.6 Å². The minimum absolute atomic E-state index is 0.237. The number of nitrogens with one attached hydrogen (secondary N) is 2. The molecule has 116 valence electrons. The lowest BCUT2D eigenvalue weighted by atomic mass is 10.1. The van der Waals surface area contributed by atoms with Gasteiger partial charge >= 0.3 is 0 Å². The summed E-state index contributed by atoms with van der Waals surface area (Å²) in [6, 6.07) is 2.18. The largest absolute Gasteiger partial charge is 0.377 e. The Balaban J connectivity index is 2.36. The van der Waals surface area contributed by atoms with Gasteiger partial charge in [0.1, 0.15) is 10.6 Å². The lowest BCUT2D eigenvalue weighted by molar-refractivity contribution is 0.0343. The predicted molar refractivity (Wildman–Crippen MR) is 90.5 cm³/mol. The van der Waals surface area contributed by atoms with Crippen LogP contribution in [0, 0.1) is 0 Å². The first kappa shape index (κ1) is 16.0. The lowest BCUT2D eigenvalue weighted by Crippen LogP contribution is -2.32. The van der Waals surface area contributed by atoms with E-state index < -0.39 is 0 Å². The molecule has 0 spiro atoms. The smallest absolute Gasteiger partial charge is 0.226 e. The number of ether oxygens (including phenoxy) is 1. The van der Waals surface area contributed by atoms with Crippen LogP contribution in [0.2, 0.25) is 0 Å². The maximum absolute atomic E-state index is 5.46. The van der Waals surface area contributed by atoms with Gasteiger partial charge in [-0.25, -0.2) is 4.98 Å². The zero-order valence-corrected chi connectivity index (χ0v) is 14.2. The van der Waals surface area contributed by atoms with Crippen molar-refractivity contribution < 1.29 is 4.74 Å². The normalized spacial score (nSPS) is 11.9. The second-order valence-corrected chi connectivity index (χ2v) is 6.64. The van der Waals surface area contributed by atoms with Crippen LogP contribution in [0.3, 0.4) is 0 Å². The first-order chi connectivity index (χ1) is 9.99. The van der Waals surface area contributed by atoms with Crippen LogP contribution in [0.15, 0.2) is 6.07 Å². The average molecular weight is 308 g/mol. The molecule has 5 nitrogen and oxygen atoms in total. The summed E-state index contributed by atoms with van der Waals surface area (Å²) in [6.45, 7) is 9.80. The molecule has 2 rings (SSSR count). The number of methoxy groups -OCH3 is 1. The van der Waals surface area contributed by atoms with E-state index in [1.807, 2.05) is 6.92 Å². The van der Waals surface area contributed by atoms with Gasteiger partial charge in [-0.05, 0) is 33.3 Å². The molecule has 0 aliphatic carbocycles. The zero-order valence-electron chi connectivity index (χ0n) is 13.4. The van der Waals surface area contributed by atoms with Crippen molar-refractivity contribution in [3.8, 4) is 0 Å². The van der Waals surface area contributed by atoms with E-state index in [0.29, 0.717) is 12.5 Å². The standard InChI is InChI=1S/C15H24N4OS/c1-6-10-8-11-12(17-9-15(3,4)20-5)18-14(16-7-2)19-13(11)21-10/h8H,6-7,9H2,1-5H3,(H2,16,17,18,19). The molecule has 0 aromatic carbocycles. The number of thiophene rings is 1. The molecule has 0 saturated heterocycles. The molecule has 0 amide bonds. The molecule has 2 heterocycles. The second-order valence-electron chi connectivity index (χ2n) is 5.53. The van der Waals surface area contributed by atoms with E-state index in [4.69, 9.17) is 4.74 Å². The second kappa shape index (κ2) is 6.58. The van der Waals surface area contributed by atoms with Crippen LogP contribution in [0.25, 0.3) is 10.2 Å². The van der Waals surface area contributed by atoms with Crippen molar-refractivity contribution in [3.05, 3.63) is 10.9 Å². The van der Waals surface area contributed by atoms with E-state index in [-0.39, 0.29) is 5.60 Å². The summed E-state index contributed by atoms with van der Waals surface area (Å²) in [7, 11) is 1.72. The summed E-state index contributed by atoms with van der Waals surface area (Å²) in [5.41, 5.74) is -0.237. The number of hydrogen-bond acceptors (Lipinski definition) is 6. The van der Waals surface area contributed by atoms with Crippen molar-refractivity contribution in [1.82, 2.24) is 9.97 Å². The molecule has 0 radical (unpaired) electrons. The summed E-state index contributed by atoms with van der Waals surface area (Å²) >= 11 is 1.73. The Morgan fingerprint density at radius 3 is 2.62 bits per heavy atom. The number of hydrogen-bond donors (Lipinski definition) is 2. The van der Waals surface area contributed by atoms with Crippen molar-refractivity contribution >= 4 is 33.3 Å². The van der Waals surface area contributed by atoms with Gasteiger partial charge in [-0.15, -0.1) is 11.3 Å². The minimum atomic E-state index is -0.237. The Morgan fingerprint density at radius 1 is 1.24 bits per heavy atom. The Hall–Kier alpha value is -1.40. The van der Waals surface area contributed by atoms with Crippen LogP contribution < -0.4 is 10.6 Å². The van der Waals surface area contributed by atoms with Crippen LogP contribution in [-0.4, -0.2) is 35.8 Å². The molecule has 0 atom stereocenters. The van der Waals surface area contributed by atoms with Crippen LogP contribution >= 0.6 is 11.3 Å². The molecular weight excluding hydrogens is 284 g/mol. The maximum atomic E-state index is 5.46. The van der Waals surface area contributed by atoms with E-state index in [2.05, 4.69) is 47.4 Å². The van der Waals surface area contributed by atoms with Gasteiger partial charge in [0.15, 0.2) is 0 Å². The molecular formula is C15H24N4OS. The fourth-order valence-electron chi connectivity index (χ4n) is 1.89. The summed E-state index contributed by atoms with van der Waals surface area (Å²) in [5, 5.41) is 7.69. The number of nitrogens with zero attached hydrogens (tertiary/aromatic N) is 2. The summed E-state index contributed by atoms with van der Waals surface area (Å²) in [5.74, 6) is 1.55. The van der Waals surface area contributed by atoms with Gasteiger partial charge in [0.25, 0.3) is 0 Å². The third-order valence-corrected chi connectivity index (χ3v) is 4.53.